The van der Waals surface area contributed by atoms with E-state index in [2.05, 4.69) is 21.2 Å². The summed E-state index contributed by atoms with van der Waals surface area (Å²) in [6.07, 6.45) is 0.511. The molecule has 0 aliphatic carbocycles. The molecule has 2 rings (SSSR count). The van der Waals surface area contributed by atoms with Gasteiger partial charge in [0.25, 0.3) is 5.92 Å². The molecule has 0 spiro atoms. The first-order chi connectivity index (χ1) is 8.05. The minimum absolute atomic E-state index is 0.0406. The Kier molecular flexibility index (Phi) is 3.68. The van der Waals surface area contributed by atoms with Gasteiger partial charge in [0.2, 0.25) is 0 Å². The fourth-order valence-electron chi connectivity index (χ4n) is 2.07. The van der Waals surface area contributed by atoms with Crippen LogP contribution in [0.3, 0.4) is 0 Å². The van der Waals surface area contributed by atoms with Crippen LogP contribution in [0.2, 0.25) is 0 Å². The van der Waals surface area contributed by atoms with Crippen molar-refractivity contribution in [2.45, 2.75) is 12.3 Å². The second-order valence-corrected chi connectivity index (χ2v) is 5.02. The highest BCUT2D eigenvalue weighted by Crippen LogP contribution is 2.41. The molecule has 1 aliphatic rings. The number of hydrogen-bond acceptors (Lipinski definition) is 2. The lowest BCUT2D eigenvalue weighted by molar-refractivity contribution is -0.0576. The summed E-state index contributed by atoms with van der Waals surface area (Å²) in [4.78, 5) is 0. The molecule has 1 aromatic carbocycles. The minimum atomic E-state index is -2.79. The van der Waals surface area contributed by atoms with Gasteiger partial charge >= 0.3 is 0 Å². The number of hydrogen-bond donors (Lipinski definition) is 1. The molecule has 1 aromatic rings. The van der Waals surface area contributed by atoms with E-state index in [1.54, 1.807) is 6.07 Å². The summed E-state index contributed by atoms with van der Waals surface area (Å²) in [5.41, 5.74) is 0.0406. The van der Waals surface area contributed by atoms with Gasteiger partial charge in [-0.05, 0) is 47.1 Å². The van der Waals surface area contributed by atoms with Gasteiger partial charge in [0.15, 0.2) is 0 Å². The van der Waals surface area contributed by atoms with E-state index < -0.39 is 11.8 Å². The molecule has 5 heteroatoms. The quantitative estimate of drug-likeness (QED) is 0.926. The third kappa shape index (κ3) is 2.45. The molecule has 94 valence electrons. The van der Waals surface area contributed by atoms with Crippen LogP contribution >= 0.6 is 15.9 Å². The van der Waals surface area contributed by atoms with E-state index in [9.17, 15) is 8.78 Å². The fraction of sp³-hybridized carbons (Fsp3) is 0.500. The SMILES string of the molecule is COc1ccc(C(F)(F)C2CCNC2)cc1Br. The molecule has 0 saturated carbocycles. The van der Waals surface area contributed by atoms with Gasteiger partial charge in [0.05, 0.1) is 11.6 Å². The molecule has 0 aromatic heterocycles. The molecule has 17 heavy (non-hydrogen) atoms. The second kappa shape index (κ2) is 4.90. The van der Waals surface area contributed by atoms with E-state index in [0.29, 0.717) is 29.7 Å². The van der Waals surface area contributed by atoms with Crippen molar-refractivity contribution in [3.05, 3.63) is 28.2 Å². The number of alkyl halides is 2. The first-order valence-corrected chi connectivity index (χ1v) is 6.27. The molecule has 2 nitrogen and oxygen atoms in total. The summed E-state index contributed by atoms with van der Waals surface area (Å²) in [6.45, 7) is 1.04. The lowest BCUT2D eigenvalue weighted by Crippen LogP contribution is -2.27. The van der Waals surface area contributed by atoms with E-state index in [0.717, 1.165) is 0 Å². The molecule has 1 fully saturated rings. The van der Waals surface area contributed by atoms with Crippen LogP contribution in [-0.2, 0) is 5.92 Å². The van der Waals surface area contributed by atoms with Crippen LogP contribution in [0.25, 0.3) is 0 Å². The van der Waals surface area contributed by atoms with Gasteiger partial charge in [0.1, 0.15) is 5.75 Å². The molecular weight excluding hydrogens is 292 g/mol. The van der Waals surface area contributed by atoms with Crippen molar-refractivity contribution in [1.29, 1.82) is 0 Å². The molecule has 0 bridgehead atoms. The van der Waals surface area contributed by atoms with Crippen LogP contribution < -0.4 is 10.1 Å². The Hall–Kier alpha value is -0.680. The Labute approximate surface area is 107 Å². The van der Waals surface area contributed by atoms with Crippen LogP contribution in [0, 0.1) is 5.92 Å². The van der Waals surface area contributed by atoms with Gasteiger partial charge in [0, 0.05) is 18.0 Å². The zero-order valence-electron chi connectivity index (χ0n) is 9.47. The molecule has 1 aliphatic heterocycles. The number of benzene rings is 1. The van der Waals surface area contributed by atoms with Crippen molar-refractivity contribution >= 4 is 15.9 Å². The van der Waals surface area contributed by atoms with Crippen LogP contribution in [0.4, 0.5) is 8.78 Å². The van der Waals surface area contributed by atoms with Crippen LogP contribution in [0.15, 0.2) is 22.7 Å². The van der Waals surface area contributed by atoms with Crippen LogP contribution in [0.1, 0.15) is 12.0 Å². The predicted octanol–water partition coefficient (Wildman–Crippen LogP) is 3.16. The summed E-state index contributed by atoms with van der Waals surface area (Å²) < 4.78 is 33.9. The third-order valence-corrected chi connectivity index (χ3v) is 3.73. The first-order valence-electron chi connectivity index (χ1n) is 5.48. The monoisotopic (exact) mass is 305 g/mol. The van der Waals surface area contributed by atoms with E-state index >= 15 is 0 Å². The highest BCUT2D eigenvalue weighted by Gasteiger charge is 2.42. The van der Waals surface area contributed by atoms with Crippen molar-refractivity contribution < 1.29 is 13.5 Å². The van der Waals surface area contributed by atoms with Crippen LogP contribution in [0.5, 0.6) is 5.75 Å². The van der Waals surface area contributed by atoms with Gasteiger partial charge in [-0.15, -0.1) is 0 Å². The van der Waals surface area contributed by atoms with E-state index in [4.69, 9.17) is 4.74 Å². The molecule has 1 unspecified atom stereocenters. The molecule has 1 heterocycles. The van der Waals surface area contributed by atoms with Crippen molar-refractivity contribution in [2.75, 3.05) is 20.2 Å². The van der Waals surface area contributed by atoms with Gasteiger partial charge in [-0.2, -0.15) is 0 Å². The van der Waals surface area contributed by atoms with Gasteiger partial charge in [-0.25, -0.2) is 8.78 Å². The number of methoxy groups -OCH3 is 1. The maximum atomic E-state index is 14.2. The number of ether oxygens (including phenoxy) is 1. The van der Waals surface area contributed by atoms with Crippen molar-refractivity contribution in [3.63, 3.8) is 0 Å². The Morgan fingerprint density at radius 3 is 2.76 bits per heavy atom. The molecule has 0 amide bonds. The summed E-state index contributed by atoms with van der Waals surface area (Å²) in [7, 11) is 1.51. The van der Waals surface area contributed by atoms with E-state index in [1.807, 2.05) is 0 Å². The molecule has 1 atom stereocenters. The standard InChI is InChI=1S/C12H14BrF2NO/c1-17-11-3-2-8(6-10(11)13)12(14,15)9-4-5-16-7-9/h2-3,6,9,16H,4-5,7H2,1H3. The average Bonchev–Trinajstić information content (AvgIpc) is 2.83. The Bertz CT molecular complexity index is 405. The Morgan fingerprint density at radius 1 is 1.47 bits per heavy atom. The average molecular weight is 306 g/mol. The lowest BCUT2D eigenvalue weighted by Gasteiger charge is -2.23. The van der Waals surface area contributed by atoms with Gasteiger partial charge in [-0.1, -0.05) is 0 Å². The van der Waals surface area contributed by atoms with Crippen molar-refractivity contribution in [2.24, 2.45) is 5.92 Å². The fourth-order valence-corrected chi connectivity index (χ4v) is 2.61. The maximum Gasteiger partial charge on any atom is 0.277 e. The van der Waals surface area contributed by atoms with Crippen molar-refractivity contribution in [1.82, 2.24) is 5.32 Å². The minimum Gasteiger partial charge on any atom is -0.496 e. The largest absolute Gasteiger partial charge is 0.496 e. The molecule has 1 saturated heterocycles. The Balaban J connectivity index is 2.29. The van der Waals surface area contributed by atoms with Crippen molar-refractivity contribution in [3.8, 4) is 5.75 Å². The van der Waals surface area contributed by atoms with Crippen LogP contribution in [-0.4, -0.2) is 20.2 Å². The summed E-state index contributed by atoms with van der Waals surface area (Å²) >= 11 is 3.23. The summed E-state index contributed by atoms with van der Waals surface area (Å²) in [5, 5.41) is 2.97. The topological polar surface area (TPSA) is 21.3 Å². The normalized spacial score (nSPS) is 20.6. The first kappa shape index (κ1) is 12.8. The van der Waals surface area contributed by atoms with E-state index in [-0.39, 0.29) is 5.56 Å². The number of rotatable bonds is 3. The number of nitrogens with one attached hydrogen (secondary N) is 1. The Morgan fingerprint density at radius 2 is 2.24 bits per heavy atom. The number of halogens is 3. The maximum absolute atomic E-state index is 14.2. The summed E-state index contributed by atoms with van der Waals surface area (Å²) in [5.74, 6) is -2.85. The summed E-state index contributed by atoms with van der Waals surface area (Å²) in [6, 6.07) is 4.44. The second-order valence-electron chi connectivity index (χ2n) is 4.16. The highest BCUT2D eigenvalue weighted by molar-refractivity contribution is 9.10. The predicted molar refractivity (Wildman–Crippen MR) is 65.6 cm³/mol. The zero-order valence-corrected chi connectivity index (χ0v) is 11.1. The highest BCUT2D eigenvalue weighted by atomic mass is 79.9. The molecule has 0 radical (unpaired) electrons. The van der Waals surface area contributed by atoms with E-state index in [1.165, 1.54) is 19.2 Å². The van der Waals surface area contributed by atoms with Gasteiger partial charge in [-0.3, -0.25) is 0 Å². The molecule has 1 N–H and O–H groups in total. The molecular formula is C12H14BrF2NO. The van der Waals surface area contributed by atoms with Gasteiger partial charge < -0.3 is 10.1 Å². The zero-order chi connectivity index (χ0) is 12.5. The smallest absolute Gasteiger partial charge is 0.277 e. The third-order valence-electron chi connectivity index (χ3n) is 3.11. The lowest BCUT2D eigenvalue weighted by atomic mass is 9.94.